The van der Waals surface area contributed by atoms with Crippen molar-refractivity contribution in [3.63, 3.8) is 0 Å². The van der Waals surface area contributed by atoms with Gasteiger partial charge in [-0.25, -0.2) is 21.9 Å². The van der Waals surface area contributed by atoms with Crippen molar-refractivity contribution < 1.29 is 22.0 Å². The van der Waals surface area contributed by atoms with Crippen LogP contribution in [0.4, 0.5) is 14.5 Å². The Morgan fingerprint density at radius 2 is 1.61 bits per heavy atom. The number of halogens is 2. The first-order valence-electron chi connectivity index (χ1n) is 9.66. The van der Waals surface area contributed by atoms with Crippen LogP contribution in [0.1, 0.15) is 18.4 Å². The molecule has 1 fully saturated rings. The van der Waals surface area contributed by atoms with E-state index in [1.54, 1.807) is 30.3 Å². The molecule has 31 heavy (non-hydrogen) atoms. The van der Waals surface area contributed by atoms with Crippen molar-refractivity contribution in [1.29, 1.82) is 0 Å². The van der Waals surface area contributed by atoms with Gasteiger partial charge in [0, 0.05) is 5.69 Å². The molecule has 1 amide bonds. The lowest BCUT2D eigenvalue weighted by Crippen LogP contribution is -2.28. The second-order valence-electron chi connectivity index (χ2n) is 7.48. The van der Waals surface area contributed by atoms with Crippen LogP contribution < -0.4 is 10.0 Å². The highest BCUT2D eigenvalue weighted by Gasteiger charge is 2.51. The molecule has 4 rings (SSSR count). The number of hydrogen-bond donors (Lipinski definition) is 2. The Labute approximate surface area is 179 Å². The standard InChI is InChI=1S/C23H20F2N2O3S/c1-26-31(29,30)19-8-5-15(6-9-19)16-3-2-4-18(13-16)27-22(28)23(11-12-23)17-7-10-20(24)21(25)14-17/h2-10,13-14,26H,11-12H2,1H3,(H,27,28). The van der Waals surface area contributed by atoms with E-state index in [1.807, 2.05) is 6.07 Å². The maximum atomic E-state index is 13.6. The normalized spacial score (nSPS) is 14.8. The summed E-state index contributed by atoms with van der Waals surface area (Å²) in [5.41, 5.74) is 1.75. The molecule has 0 unspecified atom stereocenters. The molecule has 0 spiro atoms. The van der Waals surface area contributed by atoms with Gasteiger partial charge in [-0.3, -0.25) is 4.79 Å². The van der Waals surface area contributed by atoms with Gasteiger partial charge in [0.1, 0.15) is 0 Å². The fourth-order valence-corrected chi connectivity index (χ4v) is 4.27. The number of nitrogens with one attached hydrogen (secondary N) is 2. The van der Waals surface area contributed by atoms with Crippen LogP contribution in [0.25, 0.3) is 11.1 Å². The van der Waals surface area contributed by atoms with Crippen LogP contribution in [0.3, 0.4) is 0 Å². The highest BCUT2D eigenvalue weighted by atomic mass is 32.2. The van der Waals surface area contributed by atoms with Crippen molar-refractivity contribution in [2.45, 2.75) is 23.2 Å². The van der Waals surface area contributed by atoms with Gasteiger partial charge in [-0.1, -0.05) is 30.3 Å². The summed E-state index contributed by atoms with van der Waals surface area (Å²) in [6, 6.07) is 17.1. The maximum absolute atomic E-state index is 13.6. The molecule has 2 N–H and O–H groups in total. The molecule has 3 aromatic rings. The van der Waals surface area contributed by atoms with E-state index in [4.69, 9.17) is 0 Å². The number of anilines is 1. The molecule has 0 heterocycles. The Kier molecular flexibility index (Phi) is 5.36. The summed E-state index contributed by atoms with van der Waals surface area (Å²) in [5.74, 6) is -2.19. The van der Waals surface area contributed by atoms with Gasteiger partial charge in [-0.05, 0) is 73.0 Å². The smallest absolute Gasteiger partial charge is 0.240 e. The number of carbonyl (C=O) groups is 1. The van der Waals surface area contributed by atoms with E-state index in [1.165, 1.54) is 25.2 Å². The minimum atomic E-state index is -3.52. The lowest BCUT2D eigenvalue weighted by Gasteiger charge is -2.16. The van der Waals surface area contributed by atoms with E-state index in [2.05, 4.69) is 10.0 Å². The summed E-state index contributed by atoms with van der Waals surface area (Å²) < 4.78 is 52.9. The van der Waals surface area contributed by atoms with Crippen LogP contribution in [0.15, 0.2) is 71.6 Å². The van der Waals surface area contributed by atoms with Crippen LogP contribution in [0, 0.1) is 11.6 Å². The Hall–Kier alpha value is -3.10. The first-order valence-corrected chi connectivity index (χ1v) is 11.1. The number of carbonyl (C=O) groups excluding carboxylic acids is 1. The molecule has 0 saturated heterocycles. The van der Waals surface area contributed by atoms with E-state index < -0.39 is 27.1 Å². The van der Waals surface area contributed by atoms with E-state index >= 15 is 0 Å². The van der Waals surface area contributed by atoms with Crippen molar-refractivity contribution in [3.8, 4) is 11.1 Å². The summed E-state index contributed by atoms with van der Waals surface area (Å²) >= 11 is 0. The second-order valence-corrected chi connectivity index (χ2v) is 9.36. The fraction of sp³-hybridized carbons (Fsp3) is 0.174. The molecular formula is C23H20F2N2O3S. The van der Waals surface area contributed by atoms with Crippen molar-refractivity contribution >= 4 is 21.6 Å². The number of benzene rings is 3. The first kappa shape index (κ1) is 21.1. The van der Waals surface area contributed by atoms with Gasteiger partial charge >= 0.3 is 0 Å². The first-order chi connectivity index (χ1) is 14.7. The summed E-state index contributed by atoms with van der Waals surface area (Å²) in [7, 11) is -2.17. The minimum Gasteiger partial charge on any atom is -0.325 e. The molecule has 1 aliphatic carbocycles. The Balaban J connectivity index is 1.55. The van der Waals surface area contributed by atoms with Gasteiger partial charge < -0.3 is 5.32 Å². The molecule has 0 atom stereocenters. The third kappa shape index (κ3) is 4.08. The van der Waals surface area contributed by atoms with Gasteiger partial charge in [0.05, 0.1) is 10.3 Å². The molecule has 0 aromatic heterocycles. The topological polar surface area (TPSA) is 75.3 Å². The van der Waals surface area contributed by atoms with Crippen molar-refractivity contribution in [3.05, 3.63) is 83.9 Å². The summed E-state index contributed by atoms with van der Waals surface area (Å²) in [4.78, 5) is 13.1. The van der Waals surface area contributed by atoms with Crippen LogP contribution in [-0.2, 0) is 20.2 Å². The predicted octanol–water partition coefficient (Wildman–Crippen LogP) is 4.21. The Morgan fingerprint density at radius 1 is 0.903 bits per heavy atom. The van der Waals surface area contributed by atoms with Crippen LogP contribution >= 0.6 is 0 Å². The molecule has 0 bridgehead atoms. The lowest BCUT2D eigenvalue weighted by atomic mass is 9.94. The van der Waals surface area contributed by atoms with Crippen LogP contribution in [0.5, 0.6) is 0 Å². The van der Waals surface area contributed by atoms with Gasteiger partial charge in [0.15, 0.2) is 11.6 Å². The van der Waals surface area contributed by atoms with Crippen molar-refractivity contribution in [2.75, 3.05) is 12.4 Å². The summed E-state index contributed by atoms with van der Waals surface area (Å²) in [6.45, 7) is 0. The second kappa shape index (κ2) is 7.86. The third-order valence-electron chi connectivity index (χ3n) is 5.54. The van der Waals surface area contributed by atoms with Crippen molar-refractivity contribution in [2.24, 2.45) is 0 Å². The molecule has 160 valence electrons. The maximum Gasteiger partial charge on any atom is 0.240 e. The highest BCUT2D eigenvalue weighted by molar-refractivity contribution is 7.89. The molecule has 0 aliphatic heterocycles. The average molecular weight is 442 g/mol. The molecule has 1 aliphatic rings. The summed E-state index contributed by atoms with van der Waals surface area (Å²) in [6.07, 6.45) is 1.12. The molecular weight excluding hydrogens is 422 g/mol. The van der Waals surface area contributed by atoms with Gasteiger partial charge in [0.2, 0.25) is 15.9 Å². The summed E-state index contributed by atoms with van der Waals surface area (Å²) in [5, 5.41) is 2.87. The van der Waals surface area contributed by atoms with Gasteiger partial charge in [-0.2, -0.15) is 0 Å². The average Bonchev–Trinajstić information content (AvgIpc) is 3.58. The van der Waals surface area contributed by atoms with Gasteiger partial charge in [-0.15, -0.1) is 0 Å². The minimum absolute atomic E-state index is 0.158. The predicted molar refractivity (Wildman–Crippen MR) is 114 cm³/mol. The lowest BCUT2D eigenvalue weighted by molar-refractivity contribution is -0.118. The zero-order valence-corrected chi connectivity index (χ0v) is 17.5. The van der Waals surface area contributed by atoms with E-state index in [-0.39, 0.29) is 10.8 Å². The molecule has 8 heteroatoms. The molecule has 0 radical (unpaired) electrons. The third-order valence-corrected chi connectivity index (χ3v) is 6.97. The molecule has 5 nitrogen and oxygen atoms in total. The highest BCUT2D eigenvalue weighted by Crippen LogP contribution is 2.49. The van der Waals surface area contributed by atoms with E-state index in [0.717, 1.165) is 23.3 Å². The quantitative estimate of drug-likeness (QED) is 0.601. The fourth-order valence-electron chi connectivity index (χ4n) is 3.54. The largest absolute Gasteiger partial charge is 0.325 e. The van der Waals surface area contributed by atoms with Crippen molar-refractivity contribution in [1.82, 2.24) is 4.72 Å². The van der Waals surface area contributed by atoms with Gasteiger partial charge in [0.25, 0.3) is 0 Å². The van der Waals surface area contributed by atoms with E-state index in [0.29, 0.717) is 24.1 Å². The zero-order chi connectivity index (χ0) is 22.2. The Bertz CT molecular complexity index is 1250. The monoisotopic (exact) mass is 442 g/mol. The number of sulfonamides is 1. The Morgan fingerprint density at radius 3 is 2.23 bits per heavy atom. The number of hydrogen-bond acceptors (Lipinski definition) is 3. The number of rotatable bonds is 6. The van der Waals surface area contributed by atoms with Crippen LogP contribution in [0.2, 0.25) is 0 Å². The zero-order valence-electron chi connectivity index (χ0n) is 16.7. The SMILES string of the molecule is CNS(=O)(=O)c1ccc(-c2cccc(NC(=O)C3(c4ccc(F)c(F)c4)CC3)c2)cc1. The van der Waals surface area contributed by atoms with E-state index in [9.17, 15) is 22.0 Å². The molecule has 1 saturated carbocycles. The number of amides is 1. The van der Waals surface area contributed by atoms with Crippen LogP contribution in [-0.4, -0.2) is 21.4 Å². The molecule has 3 aromatic carbocycles.